The number of alkyl carbamates (subject to hydrolysis) is 1. The molecule has 126 valence electrons. The Bertz CT molecular complexity index is 822. The maximum Gasteiger partial charge on any atom is 0.408 e. The van der Waals surface area contributed by atoms with Crippen molar-refractivity contribution < 1.29 is 24.2 Å². The van der Waals surface area contributed by atoms with Crippen LogP contribution in [0.1, 0.15) is 17.0 Å². The summed E-state index contributed by atoms with van der Waals surface area (Å²) in [7, 11) is 0. The highest BCUT2D eigenvalue weighted by atomic mass is 16.5. The highest BCUT2D eigenvalue weighted by Gasteiger charge is 2.29. The van der Waals surface area contributed by atoms with E-state index in [-0.39, 0.29) is 12.5 Å². The smallest absolute Gasteiger partial charge is 0.408 e. The zero-order valence-corrected chi connectivity index (χ0v) is 13.1. The summed E-state index contributed by atoms with van der Waals surface area (Å²) in [6.07, 6.45) is -0.190. The highest BCUT2D eigenvalue weighted by molar-refractivity contribution is 5.84. The number of carboxylic acids is 1. The van der Waals surface area contributed by atoms with Gasteiger partial charge in [0.2, 0.25) is 0 Å². The molecular weight excluding hydrogens is 322 g/mol. The monoisotopic (exact) mass is 337 g/mol. The van der Waals surface area contributed by atoms with Crippen LogP contribution in [0.25, 0.3) is 11.1 Å². The van der Waals surface area contributed by atoms with E-state index in [1.54, 1.807) is 0 Å². The van der Waals surface area contributed by atoms with E-state index in [1.807, 2.05) is 48.5 Å². The van der Waals surface area contributed by atoms with Crippen molar-refractivity contribution in [2.75, 3.05) is 6.61 Å². The molecule has 1 amide bonds. The lowest BCUT2D eigenvalue weighted by molar-refractivity contribution is -0.138. The number of carbonyl (C=O) groups is 2. The third-order valence-electron chi connectivity index (χ3n) is 4.12. The van der Waals surface area contributed by atoms with E-state index < -0.39 is 18.1 Å². The summed E-state index contributed by atoms with van der Waals surface area (Å²) in [5, 5.41) is 11.0. The third-order valence-corrected chi connectivity index (χ3v) is 4.12. The average Bonchev–Trinajstić information content (AvgIpc) is 2.93. The third kappa shape index (κ3) is 3.29. The van der Waals surface area contributed by atoms with Gasteiger partial charge in [0.25, 0.3) is 0 Å². The summed E-state index contributed by atoms with van der Waals surface area (Å²) in [6, 6.07) is 14.3. The molecule has 0 aromatic heterocycles. The number of amides is 1. The molecule has 0 saturated heterocycles. The maximum absolute atomic E-state index is 11.9. The largest absolute Gasteiger partial charge is 0.479 e. The Morgan fingerprint density at radius 1 is 1.12 bits per heavy atom. The second-order valence-corrected chi connectivity index (χ2v) is 5.57. The predicted molar refractivity (Wildman–Crippen MR) is 89.9 cm³/mol. The maximum atomic E-state index is 11.9. The van der Waals surface area contributed by atoms with E-state index in [2.05, 4.69) is 5.32 Å². The Hall–Kier alpha value is -3.37. The van der Waals surface area contributed by atoms with Crippen LogP contribution in [0.2, 0.25) is 0 Å². The fraction of sp³-hybridized carbons (Fsp3) is 0.158. The predicted octanol–water partition coefficient (Wildman–Crippen LogP) is 2.37. The minimum atomic E-state index is -1.46. The number of ether oxygens (including phenoxy) is 1. The molecule has 0 spiro atoms. The summed E-state index contributed by atoms with van der Waals surface area (Å²) in [5.41, 5.74) is 4.30. The summed E-state index contributed by atoms with van der Waals surface area (Å²) < 4.78 is 5.20. The quantitative estimate of drug-likeness (QED) is 0.817. The van der Waals surface area contributed by atoms with Gasteiger partial charge >= 0.3 is 12.1 Å². The fourth-order valence-electron chi connectivity index (χ4n) is 3.01. The van der Waals surface area contributed by atoms with Gasteiger partial charge in [-0.15, -0.1) is 0 Å². The van der Waals surface area contributed by atoms with Gasteiger partial charge in [-0.3, -0.25) is 0 Å². The molecule has 2 aromatic carbocycles. The average molecular weight is 337 g/mol. The van der Waals surface area contributed by atoms with Gasteiger partial charge in [0, 0.05) is 12.0 Å². The van der Waals surface area contributed by atoms with E-state index in [0.29, 0.717) is 6.08 Å². The normalized spacial score (nSPS) is 13.1. The molecule has 0 aliphatic heterocycles. The highest BCUT2D eigenvalue weighted by Crippen LogP contribution is 2.44. The first-order valence-corrected chi connectivity index (χ1v) is 7.67. The van der Waals surface area contributed by atoms with Crippen molar-refractivity contribution in [3.8, 4) is 11.1 Å². The van der Waals surface area contributed by atoms with Crippen molar-refractivity contribution >= 4 is 18.0 Å². The van der Waals surface area contributed by atoms with Crippen LogP contribution < -0.4 is 5.32 Å². The zero-order chi connectivity index (χ0) is 17.8. The number of aliphatic carboxylic acids is 1. The molecule has 2 aromatic rings. The minimum Gasteiger partial charge on any atom is -0.479 e. The summed E-state index contributed by atoms with van der Waals surface area (Å²) >= 11 is 0. The molecule has 2 N–H and O–H groups in total. The van der Waals surface area contributed by atoms with Gasteiger partial charge in [-0.2, -0.15) is 0 Å². The van der Waals surface area contributed by atoms with Gasteiger partial charge in [0.15, 0.2) is 6.04 Å². The molecule has 0 heterocycles. The van der Waals surface area contributed by atoms with Gasteiger partial charge < -0.3 is 15.2 Å². The summed E-state index contributed by atoms with van der Waals surface area (Å²) in [4.78, 5) is 33.1. The van der Waals surface area contributed by atoms with Gasteiger partial charge in [-0.25, -0.2) is 14.4 Å². The Balaban J connectivity index is 1.74. The molecular formula is C19H15NO5. The number of carbonyl (C=O) groups excluding carboxylic acids is 2. The van der Waals surface area contributed by atoms with Gasteiger partial charge in [0.1, 0.15) is 12.5 Å². The van der Waals surface area contributed by atoms with Crippen molar-refractivity contribution in [2.45, 2.75) is 12.0 Å². The van der Waals surface area contributed by atoms with Crippen LogP contribution in [0.15, 0.2) is 54.6 Å². The van der Waals surface area contributed by atoms with Crippen LogP contribution in [-0.2, 0) is 14.3 Å². The molecule has 6 nitrogen and oxygen atoms in total. The van der Waals surface area contributed by atoms with Gasteiger partial charge in [-0.05, 0) is 22.3 Å². The Morgan fingerprint density at radius 3 is 2.20 bits per heavy atom. The van der Waals surface area contributed by atoms with Gasteiger partial charge in [0.05, 0.1) is 0 Å². The Labute approximate surface area is 143 Å². The standard InChI is InChI=1S/C19H15NO5/c21-10-9-17(18(22)23)20-19(24)25-11-16-14-7-3-1-5-12(14)13-6-2-4-8-15(13)16/h1-9,16-17H,11H2,(H,20,24)(H,22,23). The topological polar surface area (TPSA) is 92.7 Å². The van der Waals surface area contributed by atoms with E-state index >= 15 is 0 Å². The molecule has 1 aliphatic carbocycles. The Morgan fingerprint density at radius 2 is 1.68 bits per heavy atom. The van der Waals surface area contributed by atoms with Crippen molar-refractivity contribution in [2.24, 2.45) is 0 Å². The van der Waals surface area contributed by atoms with Crippen molar-refractivity contribution in [3.63, 3.8) is 0 Å². The number of fused-ring (bicyclic) bond motifs is 3. The first-order chi connectivity index (χ1) is 12.1. The molecule has 25 heavy (non-hydrogen) atoms. The fourth-order valence-corrected chi connectivity index (χ4v) is 3.01. The molecule has 0 bridgehead atoms. The summed E-state index contributed by atoms with van der Waals surface area (Å²) in [6.45, 7) is 0.0665. The Kier molecular flexibility index (Phi) is 4.64. The lowest BCUT2D eigenvalue weighted by Gasteiger charge is -2.15. The van der Waals surface area contributed by atoms with Crippen molar-refractivity contribution in [3.05, 3.63) is 65.7 Å². The lowest BCUT2D eigenvalue weighted by atomic mass is 9.98. The second-order valence-electron chi connectivity index (χ2n) is 5.57. The van der Waals surface area contributed by atoms with E-state index in [1.165, 1.54) is 5.94 Å². The molecule has 3 rings (SSSR count). The summed E-state index contributed by atoms with van der Waals surface area (Å²) in [5.74, 6) is -0.135. The first kappa shape index (κ1) is 16.5. The molecule has 0 radical (unpaired) electrons. The molecule has 6 heteroatoms. The van der Waals surface area contributed by atoms with Crippen LogP contribution in [0.4, 0.5) is 4.79 Å². The number of benzene rings is 2. The van der Waals surface area contributed by atoms with Crippen LogP contribution in [0, 0.1) is 0 Å². The van der Waals surface area contributed by atoms with E-state index in [4.69, 9.17) is 9.84 Å². The van der Waals surface area contributed by atoms with Crippen LogP contribution in [0.3, 0.4) is 0 Å². The molecule has 0 saturated carbocycles. The van der Waals surface area contributed by atoms with Crippen LogP contribution >= 0.6 is 0 Å². The molecule has 1 atom stereocenters. The number of carboxylic acid groups (broad SMARTS) is 1. The number of hydrogen-bond acceptors (Lipinski definition) is 4. The SMILES string of the molecule is O=C=CC(NC(=O)OCC1c2ccccc2-c2ccccc21)C(=O)O. The second kappa shape index (κ2) is 7.03. The lowest BCUT2D eigenvalue weighted by Crippen LogP contribution is -2.40. The zero-order valence-electron chi connectivity index (χ0n) is 13.1. The number of hydrogen-bond donors (Lipinski definition) is 2. The van der Waals surface area contributed by atoms with Crippen LogP contribution in [-0.4, -0.2) is 35.8 Å². The minimum absolute atomic E-state index is 0.0665. The van der Waals surface area contributed by atoms with Crippen molar-refractivity contribution in [1.29, 1.82) is 0 Å². The van der Waals surface area contributed by atoms with Gasteiger partial charge in [-0.1, -0.05) is 48.5 Å². The van der Waals surface area contributed by atoms with Crippen LogP contribution in [0.5, 0.6) is 0 Å². The molecule has 0 fully saturated rings. The number of rotatable bonds is 5. The van der Waals surface area contributed by atoms with E-state index in [9.17, 15) is 14.4 Å². The first-order valence-electron chi connectivity index (χ1n) is 7.67. The van der Waals surface area contributed by atoms with E-state index in [0.717, 1.165) is 22.3 Å². The molecule has 1 aliphatic rings. The number of nitrogens with one attached hydrogen (secondary N) is 1. The van der Waals surface area contributed by atoms with Crippen molar-refractivity contribution in [1.82, 2.24) is 5.32 Å². The molecule has 1 unspecified atom stereocenters.